The summed E-state index contributed by atoms with van der Waals surface area (Å²) in [4.78, 5) is 14.4. The lowest BCUT2D eigenvalue weighted by molar-refractivity contribution is -0.0440. The third-order valence-corrected chi connectivity index (χ3v) is 3.78. The van der Waals surface area contributed by atoms with Crippen LogP contribution in [0.1, 0.15) is 24.2 Å². The Balaban J connectivity index is 2.24. The van der Waals surface area contributed by atoms with Crippen molar-refractivity contribution in [2.24, 2.45) is 0 Å². The van der Waals surface area contributed by atoms with Crippen molar-refractivity contribution in [2.45, 2.75) is 26.0 Å². The molecule has 0 aromatic heterocycles. The number of benzene rings is 1. The normalized spacial score (nSPS) is 22.5. The van der Waals surface area contributed by atoms with Crippen molar-refractivity contribution in [3.63, 3.8) is 0 Å². The summed E-state index contributed by atoms with van der Waals surface area (Å²) in [6, 6.07) is 5.29. The van der Waals surface area contributed by atoms with Gasteiger partial charge in [0.2, 0.25) is 0 Å². The van der Waals surface area contributed by atoms with E-state index in [1.54, 1.807) is 32.4 Å². The van der Waals surface area contributed by atoms with Crippen LogP contribution in [0.3, 0.4) is 0 Å². The van der Waals surface area contributed by atoms with E-state index in [1.165, 1.54) is 0 Å². The van der Waals surface area contributed by atoms with E-state index in [0.717, 1.165) is 0 Å². The maximum Gasteiger partial charge on any atom is 0.254 e. The highest BCUT2D eigenvalue weighted by Gasteiger charge is 2.30. The standard InChI is InChI=1S/C15H21NO4/c1-10-11(2)20-8-7-16(10)15(17)12-5-6-13(18-3)14(9-12)19-4/h5-6,9-11H,7-8H2,1-4H3. The van der Waals surface area contributed by atoms with Gasteiger partial charge in [-0.05, 0) is 32.0 Å². The van der Waals surface area contributed by atoms with Crippen LogP contribution in [0.4, 0.5) is 0 Å². The lowest BCUT2D eigenvalue weighted by Gasteiger charge is -2.37. The summed E-state index contributed by atoms with van der Waals surface area (Å²) >= 11 is 0. The fourth-order valence-electron chi connectivity index (χ4n) is 2.35. The molecule has 0 bridgehead atoms. The summed E-state index contributed by atoms with van der Waals surface area (Å²) in [5, 5.41) is 0. The minimum absolute atomic E-state index is 0.00592. The Morgan fingerprint density at radius 2 is 1.95 bits per heavy atom. The molecule has 0 saturated carbocycles. The molecule has 1 saturated heterocycles. The molecule has 1 aliphatic heterocycles. The van der Waals surface area contributed by atoms with Gasteiger partial charge in [-0.1, -0.05) is 0 Å². The Hall–Kier alpha value is -1.75. The van der Waals surface area contributed by atoms with E-state index in [-0.39, 0.29) is 18.1 Å². The highest BCUT2D eigenvalue weighted by Crippen LogP contribution is 2.28. The second kappa shape index (κ2) is 6.13. The zero-order valence-electron chi connectivity index (χ0n) is 12.4. The molecule has 2 unspecified atom stereocenters. The van der Waals surface area contributed by atoms with Crippen LogP contribution in [0.2, 0.25) is 0 Å². The second-order valence-electron chi connectivity index (χ2n) is 4.88. The number of carbonyl (C=O) groups excluding carboxylic acids is 1. The lowest BCUT2D eigenvalue weighted by atomic mass is 10.1. The molecule has 2 atom stereocenters. The van der Waals surface area contributed by atoms with E-state index >= 15 is 0 Å². The van der Waals surface area contributed by atoms with Crippen molar-refractivity contribution in [1.29, 1.82) is 0 Å². The highest BCUT2D eigenvalue weighted by atomic mass is 16.5. The predicted octanol–water partition coefficient (Wildman–Crippen LogP) is 1.95. The van der Waals surface area contributed by atoms with Gasteiger partial charge in [-0.25, -0.2) is 0 Å². The molecule has 5 nitrogen and oxygen atoms in total. The van der Waals surface area contributed by atoms with Crippen LogP contribution < -0.4 is 9.47 Å². The zero-order chi connectivity index (χ0) is 14.7. The quantitative estimate of drug-likeness (QED) is 0.848. The van der Waals surface area contributed by atoms with Crippen molar-refractivity contribution in [2.75, 3.05) is 27.4 Å². The average Bonchev–Trinajstić information content (AvgIpc) is 2.48. The van der Waals surface area contributed by atoms with E-state index < -0.39 is 0 Å². The zero-order valence-corrected chi connectivity index (χ0v) is 12.4. The Bertz CT molecular complexity index is 489. The first-order valence-electron chi connectivity index (χ1n) is 6.73. The molecule has 0 N–H and O–H groups in total. The van der Waals surface area contributed by atoms with Crippen molar-refractivity contribution >= 4 is 5.91 Å². The maximum absolute atomic E-state index is 12.6. The molecule has 1 aromatic rings. The Kier molecular flexibility index (Phi) is 4.49. The van der Waals surface area contributed by atoms with Gasteiger partial charge in [-0.3, -0.25) is 4.79 Å². The highest BCUT2D eigenvalue weighted by molar-refractivity contribution is 5.95. The molecule has 1 aromatic carbocycles. The summed E-state index contributed by atoms with van der Waals surface area (Å²) in [5.74, 6) is 1.17. The van der Waals surface area contributed by atoms with Gasteiger partial charge in [0.05, 0.1) is 33.0 Å². The fraction of sp³-hybridized carbons (Fsp3) is 0.533. The third-order valence-electron chi connectivity index (χ3n) is 3.78. The van der Waals surface area contributed by atoms with E-state index in [1.807, 2.05) is 18.7 Å². The molecule has 1 amide bonds. The van der Waals surface area contributed by atoms with Gasteiger partial charge in [0.15, 0.2) is 11.5 Å². The molecule has 0 aliphatic carbocycles. The van der Waals surface area contributed by atoms with Gasteiger partial charge < -0.3 is 19.1 Å². The number of carbonyl (C=O) groups is 1. The number of hydrogen-bond acceptors (Lipinski definition) is 4. The van der Waals surface area contributed by atoms with Crippen molar-refractivity contribution in [1.82, 2.24) is 4.90 Å². The lowest BCUT2D eigenvalue weighted by Crippen LogP contribution is -2.51. The molecule has 1 heterocycles. The van der Waals surface area contributed by atoms with Gasteiger partial charge in [-0.2, -0.15) is 0 Å². The molecular weight excluding hydrogens is 258 g/mol. The molecule has 1 fully saturated rings. The van der Waals surface area contributed by atoms with Gasteiger partial charge in [-0.15, -0.1) is 0 Å². The Morgan fingerprint density at radius 3 is 2.60 bits per heavy atom. The van der Waals surface area contributed by atoms with E-state index in [9.17, 15) is 4.79 Å². The van der Waals surface area contributed by atoms with E-state index in [4.69, 9.17) is 14.2 Å². The van der Waals surface area contributed by atoms with Crippen LogP contribution in [0.25, 0.3) is 0 Å². The molecule has 20 heavy (non-hydrogen) atoms. The summed E-state index contributed by atoms with van der Waals surface area (Å²) < 4.78 is 16.0. The monoisotopic (exact) mass is 279 g/mol. The first-order valence-corrected chi connectivity index (χ1v) is 6.73. The number of amides is 1. The molecule has 0 spiro atoms. The number of hydrogen-bond donors (Lipinski definition) is 0. The first-order chi connectivity index (χ1) is 9.58. The van der Waals surface area contributed by atoms with E-state index in [2.05, 4.69) is 0 Å². The van der Waals surface area contributed by atoms with Crippen LogP contribution in [-0.4, -0.2) is 50.3 Å². The minimum atomic E-state index is -0.00592. The Labute approximate surface area is 119 Å². The smallest absolute Gasteiger partial charge is 0.254 e. The summed E-state index contributed by atoms with van der Waals surface area (Å²) in [7, 11) is 3.14. The van der Waals surface area contributed by atoms with Crippen molar-refractivity contribution < 1.29 is 19.0 Å². The van der Waals surface area contributed by atoms with Crippen LogP contribution >= 0.6 is 0 Å². The van der Waals surface area contributed by atoms with Gasteiger partial charge >= 0.3 is 0 Å². The molecule has 1 aliphatic rings. The van der Waals surface area contributed by atoms with Crippen molar-refractivity contribution in [3.8, 4) is 11.5 Å². The van der Waals surface area contributed by atoms with Crippen LogP contribution in [0, 0.1) is 0 Å². The molecular formula is C15H21NO4. The first kappa shape index (κ1) is 14.7. The Morgan fingerprint density at radius 1 is 1.25 bits per heavy atom. The van der Waals surface area contributed by atoms with Crippen LogP contribution in [0.5, 0.6) is 11.5 Å². The number of rotatable bonds is 3. The average molecular weight is 279 g/mol. The number of ether oxygens (including phenoxy) is 3. The number of nitrogens with zero attached hydrogens (tertiary/aromatic N) is 1. The predicted molar refractivity (Wildman–Crippen MR) is 75.5 cm³/mol. The van der Waals surface area contributed by atoms with Gasteiger partial charge in [0.25, 0.3) is 5.91 Å². The number of morpholine rings is 1. The van der Waals surface area contributed by atoms with Gasteiger partial charge in [0.1, 0.15) is 0 Å². The molecule has 0 radical (unpaired) electrons. The summed E-state index contributed by atoms with van der Waals surface area (Å²) in [6.45, 7) is 5.17. The summed E-state index contributed by atoms with van der Waals surface area (Å²) in [5.41, 5.74) is 0.601. The van der Waals surface area contributed by atoms with Crippen LogP contribution in [0.15, 0.2) is 18.2 Å². The topological polar surface area (TPSA) is 48.0 Å². The fourth-order valence-corrected chi connectivity index (χ4v) is 2.35. The SMILES string of the molecule is COc1ccc(C(=O)N2CCOC(C)C2C)cc1OC. The molecule has 2 rings (SSSR count). The third kappa shape index (κ3) is 2.72. The van der Waals surface area contributed by atoms with Gasteiger partial charge in [0, 0.05) is 12.1 Å². The molecule has 110 valence electrons. The second-order valence-corrected chi connectivity index (χ2v) is 4.88. The number of methoxy groups -OCH3 is 2. The minimum Gasteiger partial charge on any atom is -0.493 e. The van der Waals surface area contributed by atoms with Crippen molar-refractivity contribution in [3.05, 3.63) is 23.8 Å². The molecule has 5 heteroatoms. The van der Waals surface area contributed by atoms with E-state index in [0.29, 0.717) is 30.2 Å². The van der Waals surface area contributed by atoms with Crippen LogP contribution in [-0.2, 0) is 4.74 Å². The summed E-state index contributed by atoms with van der Waals surface area (Å²) in [6.07, 6.45) is 0.0489. The maximum atomic E-state index is 12.6. The largest absolute Gasteiger partial charge is 0.493 e.